The minimum absolute atomic E-state index is 0.132. The molecule has 0 radical (unpaired) electrons. The van der Waals surface area contributed by atoms with Gasteiger partial charge in [0.05, 0.1) is 17.0 Å². The zero-order chi connectivity index (χ0) is 19.4. The van der Waals surface area contributed by atoms with Crippen molar-refractivity contribution in [1.82, 2.24) is 14.8 Å². The molecule has 27 heavy (non-hydrogen) atoms. The Bertz CT molecular complexity index is 982. The zero-order valence-electron chi connectivity index (χ0n) is 15.0. The molecular formula is C19H19N5O2S. The second kappa shape index (κ2) is 8.05. The standard InChI is InChI=1S/C19H19N5O2S/c1-12-7-9-13(10-8-12)18-22-23-19(24(18)2)27-11-16(25)21-15-6-4-3-5-14(15)17(20)26/h3-10H,11H2,1-2H3,(H2,20,26)(H,21,25). The van der Waals surface area contributed by atoms with E-state index in [1.54, 1.807) is 24.3 Å². The summed E-state index contributed by atoms with van der Waals surface area (Å²) in [5.41, 5.74) is 8.13. The molecule has 3 rings (SSSR count). The van der Waals surface area contributed by atoms with Gasteiger partial charge in [-0.1, -0.05) is 53.7 Å². The van der Waals surface area contributed by atoms with Gasteiger partial charge in [-0.15, -0.1) is 10.2 Å². The molecule has 1 heterocycles. The van der Waals surface area contributed by atoms with E-state index in [9.17, 15) is 9.59 Å². The van der Waals surface area contributed by atoms with Crippen LogP contribution in [-0.2, 0) is 11.8 Å². The van der Waals surface area contributed by atoms with Gasteiger partial charge >= 0.3 is 0 Å². The van der Waals surface area contributed by atoms with Crippen LogP contribution in [0.3, 0.4) is 0 Å². The number of nitrogens with two attached hydrogens (primary N) is 1. The van der Waals surface area contributed by atoms with E-state index in [1.807, 2.05) is 42.8 Å². The summed E-state index contributed by atoms with van der Waals surface area (Å²) in [6.45, 7) is 2.02. The Morgan fingerprint density at radius 1 is 1.11 bits per heavy atom. The molecular weight excluding hydrogens is 362 g/mol. The second-order valence-electron chi connectivity index (χ2n) is 5.98. The van der Waals surface area contributed by atoms with Crippen molar-refractivity contribution < 1.29 is 9.59 Å². The number of para-hydroxylation sites is 1. The van der Waals surface area contributed by atoms with Gasteiger partial charge in [-0.3, -0.25) is 9.59 Å². The highest BCUT2D eigenvalue weighted by Gasteiger charge is 2.14. The molecule has 0 fully saturated rings. The van der Waals surface area contributed by atoms with Gasteiger partial charge in [0.25, 0.3) is 5.91 Å². The topological polar surface area (TPSA) is 103 Å². The van der Waals surface area contributed by atoms with Crippen LogP contribution >= 0.6 is 11.8 Å². The summed E-state index contributed by atoms with van der Waals surface area (Å²) in [7, 11) is 1.86. The van der Waals surface area contributed by atoms with Gasteiger partial charge in [-0.05, 0) is 19.1 Å². The summed E-state index contributed by atoms with van der Waals surface area (Å²) < 4.78 is 1.85. The van der Waals surface area contributed by atoms with Gasteiger partial charge in [-0.25, -0.2) is 0 Å². The number of hydrogen-bond donors (Lipinski definition) is 2. The zero-order valence-corrected chi connectivity index (χ0v) is 15.8. The Labute approximate surface area is 161 Å². The number of rotatable bonds is 6. The third kappa shape index (κ3) is 4.35. The molecule has 0 aliphatic carbocycles. The third-order valence-corrected chi connectivity index (χ3v) is 4.96. The van der Waals surface area contributed by atoms with E-state index in [0.29, 0.717) is 10.8 Å². The van der Waals surface area contributed by atoms with E-state index < -0.39 is 5.91 Å². The molecule has 3 aromatic rings. The van der Waals surface area contributed by atoms with Crippen molar-refractivity contribution in [3.8, 4) is 11.4 Å². The number of benzene rings is 2. The molecule has 0 atom stereocenters. The van der Waals surface area contributed by atoms with E-state index >= 15 is 0 Å². The van der Waals surface area contributed by atoms with Crippen molar-refractivity contribution in [2.24, 2.45) is 12.8 Å². The molecule has 0 spiro atoms. The number of thioether (sulfide) groups is 1. The van der Waals surface area contributed by atoms with E-state index in [0.717, 1.165) is 11.4 Å². The molecule has 0 saturated heterocycles. The minimum atomic E-state index is -0.588. The van der Waals surface area contributed by atoms with Crippen LogP contribution in [0.4, 0.5) is 5.69 Å². The molecule has 2 amide bonds. The first-order valence-corrected chi connectivity index (χ1v) is 9.22. The summed E-state index contributed by atoms with van der Waals surface area (Å²) in [6, 6.07) is 14.6. The number of anilines is 1. The quantitative estimate of drug-likeness (QED) is 0.639. The van der Waals surface area contributed by atoms with Gasteiger partial charge in [-0.2, -0.15) is 0 Å². The number of amides is 2. The summed E-state index contributed by atoms with van der Waals surface area (Å²) in [4.78, 5) is 23.7. The van der Waals surface area contributed by atoms with Crippen LogP contribution in [0.25, 0.3) is 11.4 Å². The lowest BCUT2D eigenvalue weighted by molar-refractivity contribution is -0.113. The van der Waals surface area contributed by atoms with Crippen molar-refractivity contribution in [2.75, 3.05) is 11.1 Å². The molecule has 7 nitrogen and oxygen atoms in total. The van der Waals surface area contributed by atoms with Crippen molar-refractivity contribution in [3.05, 3.63) is 59.7 Å². The highest BCUT2D eigenvalue weighted by atomic mass is 32.2. The van der Waals surface area contributed by atoms with E-state index in [1.165, 1.54) is 17.3 Å². The molecule has 8 heteroatoms. The smallest absolute Gasteiger partial charge is 0.250 e. The fourth-order valence-corrected chi connectivity index (χ4v) is 3.23. The molecule has 1 aromatic heterocycles. The molecule has 3 N–H and O–H groups in total. The molecule has 0 bridgehead atoms. The van der Waals surface area contributed by atoms with Crippen molar-refractivity contribution in [2.45, 2.75) is 12.1 Å². The monoisotopic (exact) mass is 381 g/mol. The Kier molecular flexibility index (Phi) is 5.56. The van der Waals surface area contributed by atoms with E-state index in [4.69, 9.17) is 5.73 Å². The lowest BCUT2D eigenvalue weighted by Crippen LogP contribution is -2.19. The van der Waals surface area contributed by atoms with Crippen molar-refractivity contribution in [1.29, 1.82) is 0 Å². The first-order chi connectivity index (χ1) is 13.0. The molecule has 138 valence electrons. The molecule has 0 aliphatic heterocycles. The van der Waals surface area contributed by atoms with Gasteiger partial charge in [0.1, 0.15) is 0 Å². The van der Waals surface area contributed by atoms with E-state index in [2.05, 4.69) is 15.5 Å². The van der Waals surface area contributed by atoms with Crippen molar-refractivity contribution >= 4 is 29.3 Å². The Morgan fingerprint density at radius 2 is 1.81 bits per heavy atom. The normalized spacial score (nSPS) is 10.6. The van der Waals surface area contributed by atoms with Crippen LogP contribution in [0.15, 0.2) is 53.7 Å². The predicted molar refractivity (Wildman–Crippen MR) is 105 cm³/mol. The number of nitrogens with zero attached hydrogens (tertiary/aromatic N) is 3. The molecule has 0 saturated carbocycles. The van der Waals surface area contributed by atoms with Crippen LogP contribution in [0.2, 0.25) is 0 Å². The van der Waals surface area contributed by atoms with Gasteiger partial charge in [0.15, 0.2) is 11.0 Å². The highest BCUT2D eigenvalue weighted by Crippen LogP contribution is 2.23. The number of primary amides is 1. The largest absolute Gasteiger partial charge is 0.366 e. The number of carbonyl (C=O) groups excluding carboxylic acids is 2. The summed E-state index contributed by atoms with van der Waals surface area (Å²) >= 11 is 1.27. The lowest BCUT2D eigenvalue weighted by atomic mass is 10.1. The number of carbonyl (C=O) groups is 2. The average molecular weight is 381 g/mol. The lowest BCUT2D eigenvalue weighted by Gasteiger charge is -2.08. The fraction of sp³-hybridized carbons (Fsp3) is 0.158. The van der Waals surface area contributed by atoms with Gasteiger partial charge < -0.3 is 15.6 Å². The highest BCUT2D eigenvalue weighted by molar-refractivity contribution is 7.99. The maximum absolute atomic E-state index is 12.2. The third-order valence-electron chi connectivity index (χ3n) is 3.94. The fourth-order valence-electron chi connectivity index (χ4n) is 2.52. The Morgan fingerprint density at radius 3 is 2.52 bits per heavy atom. The summed E-state index contributed by atoms with van der Waals surface area (Å²) in [5, 5.41) is 11.7. The molecule has 2 aromatic carbocycles. The van der Waals surface area contributed by atoms with Crippen LogP contribution in [0, 0.1) is 6.92 Å². The van der Waals surface area contributed by atoms with Gasteiger partial charge in [0, 0.05) is 12.6 Å². The Balaban J connectivity index is 1.66. The first kappa shape index (κ1) is 18.7. The number of aromatic nitrogens is 3. The summed E-state index contributed by atoms with van der Waals surface area (Å²) in [5.74, 6) is 0.0210. The van der Waals surface area contributed by atoms with Crippen LogP contribution < -0.4 is 11.1 Å². The van der Waals surface area contributed by atoms with Crippen molar-refractivity contribution in [3.63, 3.8) is 0 Å². The van der Waals surface area contributed by atoms with Crippen LogP contribution in [0.1, 0.15) is 15.9 Å². The summed E-state index contributed by atoms with van der Waals surface area (Å²) in [6.07, 6.45) is 0. The number of hydrogen-bond acceptors (Lipinski definition) is 5. The number of aryl methyl sites for hydroxylation is 1. The number of nitrogens with one attached hydrogen (secondary N) is 1. The second-order valence-corrected chi connectivity index (χ2v) is 6.92. The minimum Gasteiger partial charge on any atom is -0.366 e. The van der Waals surface area contributed by atoms with E-state index in [-0.39, 0.29) is 17.2 Å². The maximum atomic E-state index is 12.2. The average Bonchev–Trinajstić information content (AvgIpc) is 3.01. The Hall–Kier alpha value is -3.13. The first-order valence-electron chi connectivity index (χ1n) is 8.23. The molecule has 0 aliphatic rings. The predicted octanol–water partition coefficient (Wildman–Crippen LogP) is 2.62. The maximum Gasteiger partial charge on any atom is 0.250 e. The van der Waals surface area contributed by atoms with Gasteiger partial charge in [0.2, 0.25) is 5.91 Å². The SMILES string of the molecule is Cc1ccc(-c2nnc(SCC(=O)Nc3ccccc3C(N)=O)n2C)cc1. The molecule has 0 unspecified atom stereocenters. The van der Waals surface area contributed by atoms with Crippen LogP contribution in [0.5, 0.6) is 0 Å². The van der Waals surface area contributed by atoms with Crippen LogP contribution in [-0.4, -0.2) is 32.3 Å².